The summed E-state index contributed by atoms with van der Waals surface area (Å²) in [4.78, 5) is 12.3. The molecule has 5 nitrogen and oxygen atoms in total. The molecule has 5 heteroatoms. The molecule has 2 N–H and O–H groups in total. The first kappa shape index (κ1) is 12.1. The first-order chi connectivity index (χ1) is 8.09. The van der Waals surface area contributed by atoms with E-state index in [1.165, 1.54) is 0 Å². The predicted octanol–water partition coefficient (Wildman–Crippen LogP) is 1.62. The van der Waals surface area contributed by atoms with E-state index in [1.807, 2.05) is 20.8 Å². The van der Waals surface area contributed by atoms with Crippen molar-refractivity contribution in [3.8, 4) is 0 Å². The Bertz CT molecular complexity index is 419. The third-order valence-electron chi connectivity index (χ3n) is 3.79. The summed E-state index contributed by atoms with van der Waals surface area (Å²) in [6.45, 7) is 7.44. The van der Waals surface area contributed by atoms with Crippen LogP contribution in [-0.4, -0.2) is 24.2 Å². The minimum absolute atomic E-state index is 0.0317. The fourth-order valence-corrected chi connectivity index (χ4v) is 2.17. The van der Waals surface area contributed by atoms with E-state index in [1.54, 1.807) is 0 Å². The van der Waals surface area contributed by atoms with Gasteiger partial charge in [-0.3, -0.25) is 10.1 Å². The van der Waals surface area contributed by atoms with Crippen molar-refractivity contribution in [2.75, 3.05) is 18.4 Å². The minimum Gasteiger partial charge on any atom is -0.338 e. The van der Waals surface area contributed by atoms with Crippen LogP contribution < -0.4 is 10.6 Å². The van der Waals surface area contributed by atoms with Gasteiger partial charge in [0.2, 0.25) is 11.8 Å². The maximum atomic E-state index is 12.3. The van der Waals surface area contributed by atoms with Crippen molar-refractivity contribution in [1.29, 1.82) is 0 Å². The number of aryl methyl sites for hydroxylation is 1. The first-order valence-electron chi connectivity index (χ1n) is 6.04. The SMILES string of the molecule is CCC1(C(=O)Nc2onc(C)c2C)CCNC1. The van der Waals surface area contributed by atoms with Crippen LogP contribution in [0.15, 0.2) is 4.52 Å². The van der Waals surface area contributed by atoms with Gasteiger partial charge in [0.05, 0.1) is 11.1 Å². The summed E-state index contributed by atoms with van der Waals surface area (Å²) in [6, 6.07) is 0. The number of carbonyl (C=O) groups is 1. The van der Waals surface area contributed by atoms with Gasteiger partial charge in [0.15, 0.2) is 0 Å². The molecule has 94 valence electrons. The van der Waals surface area contributed by atoms with Gasteiger partial charge < -0.3 is 9.84 Å². The average Bonchev–Trinajstić information content (AvgIpc) is 2.92. The Morgan fingerprint density at radius 1 is 1.59 bits per heavy atom. The lowest BCUT2D eigenvalue weighted by Gasteiger charge is -2.24. The summed E-state index contributed by atoms with van der Waals surface area (Å²) in [5, 5.41) is 9.94. The second-order valence-corrected chi connectivity index (χ2v) is 4.74. The quantitative estimate of drug-likeness (QED) is 0.838. The van der Waals surface area contributed by atoms with Crippen LogP contribution >= 0.6 is 0 Å². The van der Waals surface area contributed by atoms with Gasteiger partial charge in [-0.15, -0.1) is 0 Å². The number of amides is 1. The monoisotopic (exact) mass is 237 g/mol. The van der Waals surface area contributed by atoms with E-state index < -0.39 is 0 Å². The fourth-order valence-electron chi connectivity index (χ4n) is 2.17. The van der Waals surface area contributed by atoms with Gasteiger partial charge in [-0.25, -0.2) is 0 Å². The van der Waals surface area contributed by atoms with Gasteiger partial charge in [-0.05, 0) is 33.2 Å². The Morgan fingerprint density at radius 3 is 2.82 bits per heavy atom. The highest BCUT2D eigenvalue weighted by atomic mass is 16.5. The highest BCUT2D eigenvalue weighted by molar-refractivity contribution is 5.95. The molecule has 0 radical (unpaired) electrons. The van der Waals surface area contributed by atoms with Crippen molar-refractivity contribution >= 4 is 11.8 Å². The third kappa shape index (κ3) is 2.07. The molecule has 1 aromatic rings. The zero-order valence-electron chi connectivity index (χ0n) is 10.6. The van der Waals surface area contributed by atoms with Crippen LogP contribution in [0.4, 0.5) is 5.88 Å². The Morgan fingerprint density at radius 2 is 2.35 bits per heavy atom. The Hall–Kier alpha value is -1.36. The Kier molecular flexibility index (Phi) is 3.19. The zero-order valence-corrected chi connectivity index (χ0v) is 10.6. The van der Waals surface area contributed by atoms with E-state index in [9.17, 15) is 4.79 Å². The highest BCUT2D eigenvalue weighted by Gasteiger charge is 2.40. The van der Waals surface area contributed by atoms with Crippen molar-refractivity contribution in [2.45, 2.75) is 33.6 Å². The number of rotatable bonds is 3. The normalized spacial score (nSPS) is 23.9. The van der Waals surface area contributed by atoms with Crippen LogP contribution in [0, 0.1) is 19.3 Å². The van der Waals surface area contributed by atoms with Crippen LogP contribution in [-0.2, 0) is 4.79 Å². The number of hydrogen-bond acceptors (Lipinski definition) is 4. The smallest absolute Gasteiger partial charge is 0.234 e. The molecule has 0 bridgehead atoms. The van der Waals surface area contributed by atoms with E-state index in [0.29, 0.717) is 5.88 Å². The van der Waals surface area contributed by atoms with Gasteiger partial charge in [0.25, 0.3) is 0 Å². The minimum atomic E-state index is -0.298. The van der Waals surface area contributed by atoms with Gasteiger partial charge in [0.1, 0.15) is 0 Å². The molecule has 0 saturated carbocycles. The molecular weight excluding hydrogens is 218 g/mol. The number of carbonyl (C=O) groups excluding carboxylic acids is 1. The molecule has 1 amide bonds. The third-order valence-corrected chi connectivity index (χ3v) is 3.79. The standard InChI is InChI=1S/C12H19N3O2/c1-4-12(5-6-13-7-12)11(16)14-10-8(2)9(3)15-17-10/h13H,4-7H2,1-3H3,(H,14,16). The summed E-state index contributed by atoms with van der Waals surface area (Å²) in [5.74, 6) is 0.511. The van der Waals surface area contributed by atoms with E-state index in [4.69, 9.17) is 4.52 Å². The Labute approximate surface area is 101 Å². The van der Waals surface area contributed by atoms with Crippen LogP contribution in [0.3, 0.4) is 0 Å². The van der Waals surface area contributed by atoms with Crippen LogP contribution in [0.1, 0.15) is 31.0 Å². The average molecular weight is 237 g/mol. The molecule has 1 aliphatic rings. The van der Waals surface area contributed by atoms with Gasteiger partial charge in [-0.1, -0.05) is 12.1 Å². The summed E-state index contributed by atoms with van der Waals surface area (Å²) in [7, 11) is 0. The van der Waals surface area contributed by atoms with Crippen LogP contribution in [0.2, 0.25) is 0 Å². The Balaban J connectivity index is 2.13. The van der Waals surface area contributed by atoms with Crippen molar-refractivity contribution in [1.82, 2.24) is 10.5 Å². The number of nitrogens with one attached hydrogen (secondary N) is 2. The number of nitrogens with zero attached hydrogens (tertiary/aromatic N) is 1. The van der Waals surface area contributed by atoms with Gasteiger partial charge >= 0.3 is 0 Å². The molecule has 1 aromatic heterocycles. The van der Waals surface area contributed by atoms with Crippen LogP contribution in [0.25, 0.3) is 0 Å². The van der Waals surface area contributed by atoms with Crippen molar-refractivity contribution in [2.24, 2.45) is 5.41 Å². The molecule has 17 heavy (non-hydrogen) atoms. The van der Waals surface area contributed by atoms with E-state index in [2.05, 4.69) is 15.8 Å². The van der Waals surface area contributed by atoms with Crippen molar-refractivity contribution in [3.63, 3.8) is 0 Å². The van der Waals surface area contributed by atoms with E-state index in [0.717, 1.165) is 37.2 Å². The molecule has 1 fully saturated rings. The molecule has 1 saturated heterocycles. The highest BCUT2D eigenvalue weighted by Crippen LogP contribution is 2.31. The number of aromatic nitrogens is 1. The zero-order chi connectivity index (χ0) is 12.5. The molecule has 2 heterocycles. The summed E-state index contributed by atoms with van der Waals surface area (Å²) in [6.07, 6.45) is 1.71. The second-order valence-electron chi connectivity index (χ2n) is 4.74. The lowest BCUT2D eigenvalue weighted by Crippen LogP contribution is -2.37. The lowest BCUT2D eigenvalue weighted by molar-refractivity contribution is -0.125. The van der Waals surface area contributed by atoms with Crippen LogP contribution in [0.5, 0.6) is 0 Å². The predicted molar refractivity (Wildman–Crippen MR) is 64.8 cm³/mol. The molecule has 0 aromatic carbocycles. The molecule has 1 aliphatic heterocycles. The summed E-state index contributed by atoms with van der Waals surface area (Å²) < 4.78 is 5.11. The summed E-state index contributed by atoms with van der Waals surface area (Å²) >= 11 is 0. The van der Waals surface area contributed by atoms with E-state index >= 15 is 0 Å². The van der Waals surface area contributed by atoms with Crippen molar-refractivity contribution < 1.29 is 9.32 Å². The summed E-state index contributed by atoms with van der Waals surface area (Å²) in [5.41, 5.74) is 1.42. The second kappa shape index (κ2) is 4.49. The van der Waals surface area contributed by atoms with E-state index in [-0.39, 0.29) is 11.3 Å². The number of hydrogen-bond donors (Lipinski definition) is 2. The number of anilines is 1. The lowest BCUT2D eigenvalue weighted by atomic mass is 9.83. The fraction of sp³-hybridized carbons (Fsp3) is 0.667. The maximum Gasteiger partial charge on any atom is 0.234 e. The topological polar surface area (TPSA) is 67.2 Å². The molecule has 0 aliphatic carbocycles. The molecular formula is C12H19N3O2. The maximum absolute atomic E-state index is 12.3. The van der Waals surface area contributed by atoms with Gasteiger partial charge in [0, 0.05) is 12.1 Å². The largest absolute Gasteiger partial charge is 0.338 e. The van der Waals surface area contributed by atoms with Gasteiger partial charge in [-0.2, -0.15) is 0 Å². The van der Waals surface area contributed by atoms with Crippen molar-refractivity contribution in [3.05, 3.63) is 11.3 Å². The molecule has 2 rings (SSSR count). The molecule has 1 atom stereocenters. The molecule has 0 spiro atoms. The molecule has 1 unspecified atom stereocenters. The first-order valence-corrected chi connectivity index (χ1v) is 6.04.